The average Bonchev–Trinajstić information content (AvgIpc) is 2.54. The van der Waals surface area contributed by atoms with Gasteiger partial charge in [0, 0.05) is 6.92 Å². The highest BCUT2D eigenvalue weighted by molar-refractivity contribution is 5.94. The highest BCUT2D eigenvalue weighted by Gasteiger charge is 2.04. The van der Waals surface area contributed by atoms with E-state index in [0.29, 0.717) is 0 Å². The zero-order valence-corrected chi connectivity index (χ0v) is 7.06. The molecule has 0 radical (unpaired) electrons. The third kappa shape index (κ3) is 5.63. The van der Waals surface area contributed by atoms with Crippen molar-refractivity contribution in [3.8, 4) is 0 Å². The van der Waals surface area contributed by atoms with Gasteiger partial charge in [-0.15, -0.1) is 0 Å². The molecule has 0 spiro atoms. The predicted molar refractivity (Wildman–Crippen MR) is 43.4 cm³/mol. The fraction of sp³-hybridized carbons (Fsp3) is 0.250. The molecular weight excluding hydrogens is 176 g/mol. The minimum absolute atomic E-state index is 0.206. The molecule has 0 saturated heterocycles. The number of carboxylic acids is 1. The van der Waals surface area contributed by atoms with E-state index in [9.17, 15) is 4.79 Å². The van der Waals surface area contributed by atoms with Crippen LogP contribution in [0.3, 0.4) is 0 Å². The first-order valence-corrected chi connectivity index (χ1v) is 3.45. The van der Waals surface area contributed by atoms with Crippen LogP contribution in [0.25, 0.3) is 0 Å². The van der Waals surface area contributed by atoms with Crippen molar-refractivity contribution in [3.63, 3.8) is 0 Å². The lowest BCUT2D eigenvalue weighted by Crippen LogP contribution is -2.01. The Bertz CT molecular complexity index is 258. The number of carbonyl (C=O) groups is 2. The maximum atomic E-state index is 10.5. The number of Topliss-reactive ketones (excluding diaryl/α,β-unsaturated/α-hetero) is 1. The Balaban J connectivity index is 0.000000310. The van der Waals surface area contributed by atoms with Gasteiger partial charge in [-0.05, 0) is 12.1 Å². The van der Waals surface area contributed by atoms with Crippen LogP contribution in [0.15, 0.2) is 22.8 Å². The normalized spacial score (nSPS) is 8.46. The Labute approximate surface area is 74.6 Å². The van der Waals surface area contributed by atoms with Gasteiger partial charge in [0.2, 0.25) is 5.78 Å². The molecule has 0 aromatic carbocycles. The standard InChI is InChI=1S/C6H6O3.C2H4O2/c7-4-5(8)6-2-1-3-9-6;1-2(3)4/h1-3,7H,4H2;1H3,(H,3,4). The largest absolute Gasteiger partial charge is 0.481 e. The van der Waals surface area contributed by atoms with Gasteiger partial charge >= 0.3 is 0 Å². The zero-order valence-electron chi connectivity index (χ0n) is 7.06. The van der Waals surface area contributed by atoms with E-state index in [-0.39, 0.29) is 11.5 Å². The second-order valence-electron chi connectivity index (χ2n) is 2.08. The molecule has 0 saturated carbocycles. The van der Waals surface area contributed by atoms with Crippen LogP contribution in [-0.2, 0) is 4.79 Å². The third-order valence-electron chi connectivity index (χ3n) is 0.940. The SMILES string of the molecule is CC(=O)O.O=C(CO)c1ccco1. The van der Waals surface area contributed by atoms with E-state index in [1.165, 1.54) is 12.3 Å². The fourth-order valence-corrected chi connectivity index (χ4v) is 0.515. The Morgan fingerprint density at radius 1 is 1.54 bits per heavy atom. The fourth-order valence-electron chi connectivity index (χ4n) is 0.515. The summed E-state index contributed by atoms with van der Waals surface area (Å²) >= 11 is 0. The van der Waals surface area contributed by atoms with Gasteiger partial charge in [0.05, 0.1) is 6.26 Å². The highest BCUT2D eigenvalue weighted by Crippen LogP contribution is 1.99. The van der Waals surface area contributed by atoms with Crippen LogP contribution < -0.4 is 0 Å². The van der Waals surface area contributed by atoms with E-state index in [2.05, 4.69) is 4.42 Å². The summed E-state index contributed by atoms with van der Waals surface area (Å²) in [7, 11) is 0. The molecule has 0 aliphatic rings. The van der Waals surface area contributed by atoms with Gasteiger partial charge in [0.1, 0.15) is 6.61 Å². The van der Waals surface area contributed by atoms with Crippen molar-refractivity contribution in [2.45, 2.75) is 6.92 Å². The Morgan fingerprint density at radius 2 is 2.08 bits per heavy atom. The van der Waals surface area contributed by atoms with Crippen molar-refractivity contribution in [2.75, 3.05) is 6.61 Å². The number of aliphatic hydroxyl groups excluding tert-OH is 1. The summed E-state index contributed by atoms with van der Waals surface area (Å²) in [6.45, 7) is 0.591. The number of hydrogen-bond acceptors (Lipinski definition) is 4. The summed E-state index contributed by atoms with van der Waals surface area (Å²) in [5.74, 6) is -1.02. The lowest BCUT2D eigenvalue weighted by atomic mass is 10.3. The Hall–Kier alpha value is -1.62. The van der Waals surface area contributed by atoms with Crippen molar-refractivity contribution >= 4 is 11.8 Å². The molecule has 5 heteroatoms. The summed E-state index contributed by atoms with van der Waals surface area (Å²) in [6.07, 6.45) is 1.39. The summed E-state index contributed by atoms with van der Waals surface area (Å²) in [5, 5.41) is 15.7. The first kappa shape index (κ1) is 11.4. The molecular formula is C8H10O5. The van der Waals surface area contributed by atoms with Gasteiger partial charge in [0.15, 0.2) is 5.76 Å². The summed E-state index contributed by atoms with van der Waals surface area (Å²) in [4.78, 5) is 19.5. The minimum Gasteiger partial charge on any atom is -0.481 e. The van der Waals surface area contributed by atoms with Gasteiger partial charge in [-0.25, -0.2) is 0 Å². The monoisotopic (exact) mass is 186 g/mol. The number of ketones is 1. The number of carboxylic acid groups (broad SMARTS) is 1. The molecule has 0 amide bonds. The number of aliphatic carboxylic acids is 1. The summed E-state index contributed by atoms with van der Waals surface area (Å²) in [6, 6.07) is 3.11. The third-order valence-corrected chi connectivity index (χ3v) is 0.940. The second kappa shape index (κ2) is 5.96. The van der Waals surface area contributed by atoms with Gasteiger partial charge in [-0.3, -0.25) is 9.59 Å². The lowest BCUT2D eigenvalue weighted by Gasteiger charge is -1.85. The molecule has 1 heterocycles. The number of hydrogen-bond donors (Lipinski definition) is 2. The smallest absolute Gasteiger partial charge is 0.300 e. The molecule has 0 atom stereocenters. The average molecular weight is 186 g/mol. The first-order valence-electron chi connectivity index (χ1n) is 3.45. The van der Waals surface area contributed by atoms with E-state index in [0.717, 1.165) is 6.92 Å². The number of furan rings is 1. The molecule has 1 rings (SSSR count). The van der Waals surface area contributed by atoms with Crippen molar-refractivity contribution in [1.29, 1.82) is 0 Å². The van der Waals surface area contributed by atoms with Crippen molar-refractivity contribution < 1.29 is 24.2 Å². The molecule has 0 unspecified atom stereocenters. The van der Waals surface area contributed by atoms with Crippen molar-refractivity contribution in [1.82, 2.24) is 0 Å². The number of carbonyl (C=O) groups excluding carboxylic acids is 1. The van der Waals surface area contributed by atoms with Crippen LogP contribution in [0.1, 0.15) is 17.5 Å². The van der Waals surface area contributed by atoms with E-state index >= 15 is 0 Å². The number of rotatable bonds is 2. The maximum absolute atomic E-state index is 10.5. The van der Waals surface area contributed by atoms with E-state index in [1.807, 2.05) is 0 Å². The number of aliphatic hydroxyl groups is 1. The van der Waals surface area contributed by atoms with Gasteiger partial charge in [0.25, 0.3) is 5.97 Å². The molecule has 0 bridgehead atoms. The van der Waals surface area contributed by atoms with Crippen LogP contribution in [0.4, 0.5) is 0 Å². The molecule has 5 nitrogen and oxygen atoms in total. The molecule has 72 valence electrons. The predicted octanol–water partition coefficient (Wildman–Crippen LogP) is 0.545. The zero-order chi connectivity index (χ0) is 10.3. The molecule has 1 aromatic rings. The Morgan fingerprint density at radius 3 is 2.38 bits per heavy atom. The van der Waals surface area contributed by atoms with Crippen LogP contribution in [0.5, 0.6) is 0 Å². The lowest BCUT2D eigenvalue weighted by molar-refractivity contribution is -0.134. The van der Waals surface area contributed by atoms with Crippen LogP contribution >= 0.6 is 0 Å². The second-order valence-corrected chi connectivity index (χ2v) is 2.08. The quantitative estimate of drug-likeness (QED) is 0.658. The molecule has 1 aromatic heterocycles. The molecule has 0 aliphatic carbocycles. The highest BCUT2D eigenvalue weighted by atomic mass is 16.4. The van der Waals surface area contributed by atoms with Gasteiger partial charge in [-0.2, -0.15) is 0 Å². The topological polar surface area (TPSA) is 87.7 Å². The minimum atomic E-state index is -0.833. The van der Waals surface area contributed by atoms with E-state index in [1.54, 1.807) is 6.07 Å². The molecule has 0 fully saturated rings. The van der Waals surface area contributed by atoms with Crippen LogP contribution in [-0.4, -0.2) is 28.6 Å². The van der Waals surface area contributed by atoms with E-state index in [4.69, 9.17) is 15.0 Å². The molecule has 2 N–H and O–H groups in total. The van der Waals surface area contributed by atoms with Crippen molar-refractivity contribution in [3.05, 3.63) is 24.2 Å². The summed E-state index contributed by atoms with van der Waals surface area (Å²) < 4.78 is 4.68. The van der Waals surface area contributed by atoms with Gasteiger partial charge < -0.3 is 14.6 Å². The maximum Gasteiger partial charge on any atom is 0.300 e. The Kier molecular flexibility index (Phi) is 5.22. The molecule has 0 aliphatic heterocycles. The van der Waals surface area contributed by atoms with Crippen LogP contribution in [0, 0.1) is 0 Å². The summed E-state index contributed by atoms with van der Waals surface area (Å²) in [5.41, 5.74) is 0. The van der Waals surface area contributed by atoms with Crippen LogP contribution in [0.2, 0.25) is 0 Å². The first-order chi connectivity index (χ1) is 6.07. The molecule has 13 heavy (non-hydrogen) atoms. The van der Waals surface area contributed by atoms with Crippen molar-refractivity contribution in [2.24, 2.45) is 0 Å². The van der Waals surface area contributed by atoms with Gasteiger partial charge in [-0.1, -0.05) is 0 Å². The van der Waals surface area contributed by atoms with E-state index < -0.39 is 12.6 Å².